The van der Waals surface area contributed by atoms with E-state index in [1.165, 1.54) is 6.92 Å². The summed E-state index contributed by atoms with van der Waals surface area (Å²) in [6.07, 6.45) is 0. The molecule has 0 aromatic rings. The van der Waals surface area contributed by atoms with Gasteiger partial charge < -0.3 is 4.74 Å². The van der Waals surface area contributed by atoms with E-state index in [9.17, 15) is 8.42 Å². The van der Waals surface area contributed by atoms with Crippen molar-refractivity contribution in [2.24, 2.45) is 0 Å². The molecule has 0 aromatic carbocycles. The zero-order chi connectivity index (χ0) is 9.19. The third-order valence-corrected chi connectivity index (χ3v) is 3.15. The topological polar surface area (TPSA) is 66.8 Å². The van der Waals surface area contributed by atoms with Crippen molar-refractivity contribution in [1.82, 2.24) is 4.90 Å². The summed E-state index contributed by atoms with van der Waals surface area (Å²) < 4.78 is 35.2. The minimum absolute atomic E-state index is 0. The summed E-state index contributed by atoms with van der Waals surface area (Å²) in [6.45, 7) is 3.64. The Balaban J connectivity index is 0.00000144. The van der Waals surface area contributed by atoms with Crippen molar-refractivity contribution in [3.05, 3.63) is 0 Å². The van der Waals surface area contributed by atoms with Crippen LogP contribution in [0.5, 0.6) is 0 Å². The molecule has 0 spiro atoms. The van der Waals surface area contributed by atoms with Gasteiger partial charge in [-0.25, -0.2) is 0 Å². The van der Waals surface area contributed by atoms with Gasteiger partial charge in [0.15, 0.2) is 0 Å². The van der Waals surface area contributed by atoms with Crippen LogP contribution in [0, 0.1) is 0 Å². The molecule has 1 heterocycles. The fourth-order valence-electron chi connectivity index (χ4n) is 1.13. The molecule has 1 unspecified atom stereocenters. The van der Waals surface area contributed by atoms with Gasteiger partial charge in [0.2, 0.25) is 0 Å². The summed E-state index contributed by atoms with van der Waals surface area (Å²) in [5, 5.41) is -0.818. The number of morpholine rings is 1. The summed E-state index contributed by atoms with van der Waals surface area (Å²) >= 11 is 0. The molecular weight excluding hydrogens is 205 g/mol. The zero-order valence-electron chi connectivity index (χ0n) is 6.93. The second kappa shape index (κ2) is 5.65. The van der Waals surface area contributed by atoms with E-state index in [0.29, 0.717) is 26.3 Å². The molecule has 0 bridgehead atoms. The Kier molecular flexibility index (Phi) is 6.01. The Labute approximate surface area is 100 Å². The van der Waals surface area contributed by atoms with E-state index < -0.39 is 15.5 Å². The van der Waals surface area contributed by atoms with Gasteiger partial charge in [-0.15, -0.1) is 0 Å². The molecule has 1 aliphatic rings. The summed E-state index contributed by atoms with van der Waals surface area (Å²) in [5.41, 5.74) is 0. The molecule has 1 N–H and O–H groups in total. The van der Waals surface area contributed by atoms with Crippen LogP contribution in [0.2, 0.25) is 0 Å². The molecule has 0 radical (unpaired) electrons. The molecule has 5 nitrogen and oxygen atoms in total. The monoisotopic (exact) mass is 219 g/mol. The van der Waals surface area contributed by atoms with E-state index in [2.05, 4.69) is 0 Å². The number of hydrogen-bond acceptors (Lipinski definition) is 4. The Hall–Kier alpha value is 0.830. The Bertz CT molecular complexity index is 237. The first-order valence-corrected chi connectivity index (χ1v) is 5.30. The zero-order valence-corrected chi connectivity index (χ0v) is 7.75. The van der Waals surface area contributed by atoms with Crippen molar-refractivity contribution < 1.29 is 17.7 Å². The van der Waals surface area contributed by atoms with Crippen LogP contribution in [0.1, 0.15) is 6.92 Å². The van der Waals surface area contributed by atoms with Crippen molar-refractivity contribution in [2.45, 2.75) is 12.3 Å². The van der Waals surface area contributed by atoms with Crippen molar-refractivity contribution in [3.63, 3.8) is 0 Å². The molecule has 0 amide bonds. The molecule has 0 aromatic heterocycles. The molecule has 0 saturated carbocycles. The fraction of sp³-hybridized carbons (Fsp3) is 1.00. The molecule has 1 fully saturated rings. The minimum atomic E-state index is -3.93. The van der Waals surface area contributed by atoms with Gasteiger partial charge in [0.05, 0.1) is 13.2 Å². The maximum atomic E-state index is 10.7. The van der Waals surface area contributed by atoms with Crippen LogP contribution in [-0.2, 0) is 14.9 Å². The van der Waals surface area contributed by atoms with Crippen molar-refractivity contribution in [2.75, 3.05) is 26.3 Å². The first kappa shape index (κ1) is 13.8. The van der Waals surface area contributed by atoms with Crippen LogP contribution in [0.15, 0.2) is 0 Å². The van der Waals surface area contributed by atoms with Gasteiger partial charge in [-0.2, -0.15) is 8.42 Å². The van der Waals surface area contributed by atoms with E-state index in [1.54, 1.807) is 4.90 Å². The molecule has 7 heteroatoms. The second-order valence-corrected chi connectivity index (χ2v) is 4.47. The van der Waals surface area contributed by atoms with Gasteiger partial charge in [-0.05, 0) is 6.92 Å². The van der Waals surface area contributed by atoms with E-state index in [1.807, 2.05) is 0 Å². The van der Waals surface area contributed by atoms with Crippen molar-refractivity contribution >= 4 is 39.7 Å². The predicted octanol–water partition coefficient (Wildman–Crippen LogP) is -1.10. The fourth-order valence-corrected chi connectivity index (χ4v) is 1.72. The van der Waals surface area contributed by atoms with E-state index in [4.69, 9.17) is 9.29 Å². The molecule has 0 aliphatic carbocycles. The van der Waals surface area contributed by atoms with Crippen molar-refractivity contribution in [3.8, 4) is 0 Å². The average Bonchev–Trinajstić information content (AvgIpc) is 2.03. The number of hydrogen-bond donors (Lipinski definition) is 1. The van der Waals surface area contributed by atoms with E-state index >= 15 is 0 Å². The van der Waals surface area contributed by atoms with Crippen LogP contribution < -0.4 is 0 Å². The van der Waals surface area contributed by atoms with Crippen LogP contribution in [0.3, 0.4) is 0 Å². The second-order valence-electron chi connectivity index (χ2n) is 2.76. The molecule has 1 atom stereocenters. The summed E-state index contributed by atoms with van der Waals surface area (Å²) in [6, 6.07) is 0. The normalized spacial score (nSPS) is 22.0. The summed E-state index contributed by atoms with van der Waals surface area (Å²) in [4.78, 5) is 1.68. The molecule has 1 saturated heterocycles. The van der Waals surface area contributed by atoms with Crippen LogP contribution >= 0.6 is 0 Å². The third kappa shape index (κ3) is 4.24. The molecule has 13 heavy (non-hydrogen) atoms. The van der Waals surface area contributed by atoms with Crippen LogP contribution in [0.25, 0.3) is 0 Å². The van der Waals surface area contributed by atoms with E-state index in [0.717, 1.165) is 0 Å². The predicted molar refractivity (Wildman–Crippen MR) is 50.6 cm³/mol. The first-order chi connectivity index (χ1) is 5.52. The van der Waals surface area contributed by atoms with Crippen LogP contribution in [-0.4, -0.2) is 79.1 Å². The van der Waals surface area contributed by atoms with Gasteiger partial charge in [0, 0.05) is 13.1 Å². The average molecular weight is 219 g/mol. The van der Waals surface area contributed by atoms with E-state index in [-0.39, 0.29) is 29.6 Å². The molecule has 74 valence electrons. The molecule has 1 aliphatic heterocycles. The third-order valence-electron chi connectivity index (χ3n) is 1.99. The SMILES string of the molecule is CC(N1CCOCC1)S(=O)(=O)O.[NaH]. The van der Waals surface area contributed by atoms with Gasteiger partial charge in [-0.3, -0.25) is 9.45 Å². The number of nitrogens with zero attached hydrogens (tertiary/aromatic N) is 1. The van der Waals surface area contributed by atoms with Gasteiger partial charge in [0.1, 0.15) is 5.37 Å². The standard InChI is InChI=1S/C6H13NO4S.Na.H/c1-6(12(8,9)10)7-2-4-11-5-3-7;;/h6H,2-5H2,1H3,(H,8,9,10);;. The maximum absolute atomic E-state index is 10.7. The number of rotatable bonds is 2. The van der Waals surface area contributed by atoms with Crippen molar-refractivity contribution in [1.29, 1.82) is 0 Å². The quantitative estimate of drug-likeness (QED) is 0.472. The van der Waals surface area contributed by atoms with Crippen LogP contribution in [0.4, 0.5) is 0 Å². The van der Waals surface area contributed by atoms with Gasteiger partial charge in [0.25, 0.3) is 10.1 Å². The first-order valence-electron chi connectivity index (χ1n) is 3.80. The van der Waals surface area contributed by atoms with Gasteiger partial charge in [-0.1, -0.05) is 0 Å². The summed E-state index contributed by atoms with van der Waals surface area (Å²) in [7, 11) is -3.93. The molecule has 1 rings (SSSR count). The summed E-state index contributed by atoms with van der Waals surface area (Å²) in [5.74, 6) is 0. The Morgan fingerprint density at radius 1 is 1.38 bits per heavy atom. The Morgan fingerprint density at radius 3 is 2.23 bits per heavy atom. The number of ether oxygens (including phenoxy) is 1. The molecular formula is C6H14NNaO4S. The van der Waals surface area contributed by atoms with Gasteiger partial charge >= 0.3 is 29.6 Å². The Morgan fingerprint density at radius 2 is 1.85 bits per heavy atom.